The van der Waals surface area contributed by atoms with Crippen LogP contribution in [0, 0.1) is 0 Å². The van der Waals surface area contributed by atoms with Gasteiger partial charge in [0, 0.05) is 18.8 Å². The Morgan fingerprint density at radius 3 is 2.37 bits per heavy atom. The SMILES string of the molecule is CN(CCS(C)(=O)=O)C(CC(=O)O)c1ccccc1. The van der Waals surface area contributed by atoms with E-state index in [0.717, 1.165) is 5.56 Å². The molecule has 0 amide bonds. The van der Waals surface area contributed by atoms with Gasteiger partial charge in [-0.05, 0) is 12.6 Å². The van der Waals surface area contributed by atoms with Gasteiger partial charge in [-0.2, -0.15) is 0 Å². The number of carboxylic acid groups (broad SMARTS) is 1. The third kappa shape index (κ3) is 5.85. The first kappa shape index (κ1) is 15.7. The molecule has 106 valence electrons. The number of rotatable bonds is 7. The van der Waals surface area contributed by atoms with Crippen LogP contribution in [-0.2, 0) is 14.6 Å². The molecule has 0 saturated heterocycles. The molecule has 1 unspecified atom stereocenters. The second-order valence-corrected chi connectivity index (χ2v) is 6.89. The molecule has 0 radical (unpaired) electrons. The van der Waals surface area contributed by atoms with Crippen LogP contribution in [0.25, 0.3) is 0 Å². The fourth-order valence-corrected chi connectivity index (χ4v) is 2.45. The Labute approximate surface area is 113 Å². The minimum absolute atomic E-state index is 0.0203. The highest BCUT2D eigenvalue weighted by molar-refractivity contribution is 7.90. The molecular formula is C13H19NO4S. The molecule has 0 fully saturated rings. The molecule has 1 N–H and O–H groups in total. The molecule has 5 nitrogen and oxygen atoms in total. The van der Waals surface area contributed by atoms with E-state index in [-0.39, 0.29) is 18.2 Å². The van der Waals surface area contributed by atoms with Crippen LogP contribution in [0.2, 0.25) is 0 Å². The van der Waals surface area contributed by atoms with Crippen LogP contribution >= 0.6 is 0 Å². The highest BCUT2D eigenvalue weighted by Crippen LogP contribution is 2.22. The van der Waals surface area contributed by atoms with Crippen LogP contribution in [0.15, 0.2) is 30.3 Å². The molecule has 1 atom stereocenters. The third-order valence-corrected chi connectivity index (χ3v) is 3.82. The molecule has 1 rings (SSSR count). The van der Waals surface area contributed by atoms with Crippen LogP contribution < -0.4 is 0 Å². The first-order valence-corrected chi connectivity index (χ1v) is 8.00. The van der Waals surface area contributed by atoms with Crippen LogP contribution in [0.4, 0.5) is 0 Å². The number of carboxylic acids is 1. The van der Waals surface area contributed by atoms with E-state index in [9.17, 15) is 13.2 Å². The molecule has 0 spiro atoms. The summed E-state index contributed by atoms with van der Waals surface area (Å²) in [5.74, 6) is -0.882. The first-order valence-electron chi connectivity index (χ1n) is 5.94. The van der Waals surface area contributed by atoms with Crippen LogP contribution in [0.5, 0.6) is 0 Å². The standard InChI is InChI=1S/C13H19NO4S/c1-14(8-9-19(2,17)18)12(10-13(15)16)11-6-4-3-5-7-11/h3-7,12H,8-10H2,1-2H3,(H,15,16). The quantitative estimate of drug-likeness (QED) is 0.814. The zero-order chi connectivity index (χ0) is 14.5. The molecule has 0 aliphatic rings. The van der Waals surface area contributed by atoms with Gasteiger partial charge < -0.3 is 5.11 Å². The lowest BCUT2D eigenvalue weighted by atomic mass is 10.0. The number of nitrogens with zero attached hydrogens (tertiary/aromatic N) is 1. The molecule has 0 heterocycles. The van der Waals surface area contributed by atoms with Crippen molar-refractivity contribution in [2.24, 2.45) is 0 Å². The normalized spacial score (nSPS) is 13.4. The van der Waals surface area contributed by atoms with E-state index in [1.165, 1.54) is 6.26 Å². The zero-order valence-corrected chi connectivity index (χ0v) is 11.9. The molecule has 6 heteroatoms. The lowest BCUT2D eigenvalue weighted by Crippen LogP contribution is -2.31. The summed E-state index contributed by atoms with van der Waals surface area (Å²) >= 11 is 0. The minimum atomic E-state index is -3.05. The maximum Gasteiger partial charge on any atom is 0.305 e. The minimum Gasteiger partial charge on any atom is -0.481 e. The number of carbonyl (C=O) groups is 1. The van der Waals surface area contributed by atoms with Gasteiger partial charge >= 0.3 is 5.97 Å². The second-order valence-electron chi connectivity index (χ2n) is 4.63. The summed E-state index contributed by atoms with van der Waals surface area (Å²) in [6, 6.07) is 8.93. The molecule has 0 saturated carbocycles. The fourth-order valence-electron chi connectivity index (χ4n) is 1.83. The van der Waals surface area contributed by atoms with Crippen molar-refractivity contribution < 1.29 is 18.3 Å². The predicted octanol–water partition coefficient (Wildman–Crippen LogP) is 1.18. The molecule has 19 heavy (non-hydrogen) atoms. The van der Waals surface area contributed by atoms with Gasteiger partial charge in [-0.1, -0.05) is 30.3 Å². The Kier molecular flexibility index (Phi) is 5.50. The Balaban J connectivity index is 2.82. The van der Waals surface area contributed by atoms with Gasteiger partial charge in [-0.3, -0.25) is 9.69 Å². The van der Waals surface area contributed by atoms with Crippen molar-refractivity contribution in [1.29, 1.82) is 0 Å². The maximum absolute atomic E-state index is 11.2. The summed E-state index contributed by atoms with van der Waals surface area (Å²) < 4.78 is 22.3. The van der Waals surface area contributed by atoms with Gasteiger partial charge in [0.05, 0.1) is 12.2 Å². The maximum atomic E-state index is 11.2. The van der Waals surface area contributed by atoms with Crippen molar-refractivity contribution in [3.8, 4) is 0 Å². The largest absolute Gasteiger partial charge is 0.481 e. The number of hydrogen-bond acceptors (Lipinski definition) is 4. The highest BCUT2D eigenvalue weighted by atomic mass is 32.2. The number of sulfone groups is 1. The van der Waals surface area contributed by atoms with Gasteiger partial charge in [0.25, 0.3) is 0 Å². The van der Waals surface area contributed by atoms with E-state index >= 15 is 0 Å². The molecular weight excluding hydrogens is 266 g/mol. The summed E-state index contributed by atoms with van der Waals surface area (Å²) in [6.45, 7) is 0.311. The average Bonchev–Trinajstić information content (AvgIpc) is 2.33. The fraction of sp³-hybridized carbons (Fsp3) is 0.462. The van der Waals surface area contributed by atoms with E-state index in [1.54, 1.807) is 11.9 Å². The van der Waals surface area contributed by atoms with Crippen molar-refractivity contribution in [2.75, 3.05) is 25.6 Å². The van der Waals surface area contributed by atoms with E-state index in [4.69, 9.17) is 5.11 Å². The van der Waals surface area contributed by atoms with E-state index < -0.39 is 15.8 Å². The van der Waals surface area contributed by atoms with Crippen molar-refractivity contribution in [2.45, 2.75) is 12.5 Å². The monoisotopic (exact) mass is 285 g/mol. The highest BCUT2D eigenvalue weighted by Gasteiger charge is 2.20. The smallest absolute Gasteiger partial charge is 0.305 e. The summed E-state index contributed by atoms with van der Waals surface area (Å²) in [5.41, 5.74) is 0.876. The van der Waals surface area contributed by atoms with Crippen molar-refractivity contribution >= 4 is 15.8 Å². The Morgan fingerprint density at radius 2 is 1.89 bits per heavy atom. The van der Waals surface area contributed by atoms with Crippen LogP contribution in [0.3, 0.4) is 0 Å². The van der Waals surface area contributed by atoms with Gasteiger partial charge in [-0.25, -0.2) is 8.42 Å². The van der Waals surface area contributed by atoms with Crippen molar-refractivity contribution in [1.82, 2.24) is 4.90 Å². The molecule has 0 aromatic heterocycles. The Morgan fingerprint density at radius 1 is 1.32 bits per heavy atom. The third-order valence-electron chi connectivity index (χ3n) is 2.90. The summed E-state index contributed by atoms with van der Waals surface area (Å²) in [4.78, 5) is 12.7. The van der Waals surface area contributed by atoms with Crippen molar-refractivity contribution in [3.63, 3.8) is 0 Å². The van der Waals surface area contributed by atoms with Gasteiger partial charge in [0.15, 0.2) is 0 Å². The van der Waals surface area contributed by atoms with Crippen molar-refractivity contribution in [3.05, 3.63) is 35.9 Å². The van der Waals surface area contributed by atoms with Gasteiger partial charge in [0.1, 0.15) is 9.84 Å². The topological polar surface area (TPSA) is 74.7 Å². The predicted molar refractivity (Wildman–Crippen MR) is 73.8 cm³/mol. The lowest BCUT2D eigenvalue weighted by Gasteiger charge is -2.27. The van der Waals surface area contributed by atoms with E-state index in [0.29, 0.717) is 6.54 Å². The number of hydrogen-bond donors (Lipinski definition) is 1. The molecule has 0 bridgehead atoms. The summed E-state index contributed by atoms with van der Waals surface area (Å²) in [7, 11) is -1.31. The average molecular weight is 285 g/mol. The van der Waals surface area contributed by atoms with Gasteiger partial charge in [-0.15, -0.1) is 0 Å². The number of benzene rings is 1. The molecule has 0 aliphatic heterocycles. The Bertz CT molecular complexity index is 513. The zero-order valence-electron chi connectivity index (χ0n) is 11.1. The van der Waals surface area contributed by atoms with Gasteiger partial charge in [0.2, 0.25) is 0 Å². The van der Waals surface area contributed by atoms with E-state index in [1.807, 2.05) is 30.3 Å². The second kappa shape index (κ2) is 6.68. The summed E-state index contributed by atoms with van der Waals surface area (Å²) in [5, 5.41) is 8.98. The lowest BCUT2D eigenvalue weighted by molar-refractivity contribution is -0.138. The molecule has 1 aromatic rings. The molecule has 1 aromatic carbocycles. The van der Waals surface area contributed by atoms with E-state index in [2.05, 4.69) is 0 Å². The summed E-state index contributed by atoms with van der Waals surface area (Å²) in [6.07, 6.45) is 1.12. The molecule has 0 aliphatic carbocycles. The Hall–Kier alpha value is -1.40. The first-order chi connectivity index (χ1) is 8.79. The number of aliphatic carboxylic acids is 1. The van der Waals surface area contributed by atoms with Crippen LogP contribution in [0.1, 0.15) is 18.0 Å². The van der Waals surface area contributed by atoms with Crippen LogP contribution in [-0.4, -0.2) is 50.0 Å².